The van der Waals surface area contributed by atoms with Crippen molar-refractivity contribution in [2.24, 2.45) is 0 Å². The molecule has 1 aliphatic rings. The molecule has 0 radical (unpaired) electrons. The van der Waals surface area contributed by atoms with Crippen LogP contribution in [0.2, 0.25) is 0 Å². The second-order valence-corrected chi connectivity index (χ2v) is 5.47. The van der Waals surface area contributed by atoms with Crippen molar-refractivity contribution in [1.82, 2.24) is 9.78 Å². The molecule has 0 aliphatic heterocycles. The smallest absolute Gasteiger partial charge is 0.283 e. The quantitative estimate of drug-likeness (QED) is 0.584. The molecule has 0 unspecified atom stereocenters. The van der Waals surface area contributed by atoms with Crippen LogP contribution < -0.4 is 5.56 Å². The summed E-state index contributed by atoms with van der Waals surface area (Å²) in [6, 6.07) is 8.29. The number of aromatic amines is 1. The van der Waals surface area contributed by atoms with Gasteiger partial charge >= 0.3 is 0 Å². The van der Waals surface area contributed by atoms with Gasteiger partial charge in [-0.1, -0.05) is 24.3 Å². The van der Waals surface area contributed by atoms with Crippen LogP contribution in [0.3, 0.4) is 0 Å². The van der Waals surface area contributed by atoms with Crippen LogP contribution >= 0.6 is 11.3 Å². The Hall–Kier alpha value is -2.73. The molecule has 21 heavy (non-hydrogen) atoms. The molecule has 4 rings (SSSR count). The van der Waals surface area contributed by atoms with Gasteiger partial charge in [0, 0.05) is 16.5 Å². The molecule has 3 aromatic rings. The summed E-state index contributed by atoms with van der Waals surface area (Å²) in [6.07, 6.45) is 0. The first-order chi connectivity index (χ1) is 10.2. The third-order valence-corrected chi connectivity index (χ3v) is 4.20. The van der Waals surface area contributed by atoms with Gasteiger partial charge in [-0.15, -0.1) is 0 Å². The number of fused-ring (bicyclic) bond motifs is 2. The molecule has 0 saturated carbocycles. The molecule has 0 spiro atoms. The predicted octanol–water partition coefficient (Wildman–Crippen LogP) is 2.00. The fourth-order valence-electron chi connectivity index (χ4n) is 2.53. The van der Waals surface area contributed by atoms with Crippen LogP contribution in [0, 0.1) is 0 Å². The van der Waals surface area contributed by atoms with Crippen LogP contribution in [-0.2, 0) is 0 Å². The van der Waals surface area contributed by atoms with Gasteiger partial charge in [0.1, 0.15) is 11.3 Å². The number of thiophene rings is 1. The molecule has 5 nitrogen and oxygen atoms in total. The highest BCUT2D eigenvalue weighted by molar-refractivity contribution is 7.08. The van der Waals surface area contributed by atoms with Gasteiger partial charge < -0.3 is 0 Å². The van der Waals surface area contributed by atoms with Gasteiger partial charge in [-0.3, -0.25) is 19.5 Å². The van der Waals surface area contributed by atoms with E-state index in [0.717, 1.165) is 0 Å². The second-order valence-electron chi connectivity index (χ2n) is 4.69. The normalized spacial score (nSPS) is 13.1. The van der Waals surface area contributed by atoms with Crippen LogP contribution in [-0.4, -0.2) is 21.3 Å². The number of nitrogens with one attached hydrogen (secondary N) is 1. The Morgan fingerprint density at radius 1 is 0.952 bits per heavy atom. The molecule has 0 atom stereocenters. The standard InChI is InChI=1S/C15H8N2O3S/c18-13-9-3-1-2-4-10(9)14(19)12-11(13)15(20)17(16-12)8-5-6-21-7-8/h1-7,16H. The van der Waals surface area contributed by atoms with Crippen LogP contribution in [0.25, 0.3) is 5.69 Å². The molecule has 0 fully saturated rings. The van der Waals surface area contributed by atoms with Crippen molar-refractivity contribution in [3.8, 4) is 5.69 Å². The van der Waals surface area contributed by atoms with E-state index in [0.29, 0.717) is 11.3 Å². The molecule has 0 saturated heterocycles. The van der Waals surface area contributed by atoms with Crippen molar-refractivity contribution in [2.45, 2.75) is 0 Å². The second kappa shape index (κ2) is 4.13. The average molecular weight is 296 g/mol. The number of rotatable bonds is 1. The fraction of sp³-hybridized carbons (Fsp3) is 0. The Kier molecular flexibility index (Phi) is 2.37. The number of ketones is 2. The largest absolute Gasteiger partial charge is 0.288 e. The number of hydrogen-bond donors (Lipinski definition) is 1. The number of carbonyl (C=O) groups excluding carboxylic acids is 2. The number of H-pyrrole nitrogens is 1. The lowest BCUT2D eigenvalue weighted by molar-refractivity contribution is 0.0976. The van der Waals surface area contributed by atoms with E-state index >= 15 is 0 Å². The van der Waals surface area contributed by atoms with Crippen LogP contribution in [0.4, 0.5) is 0 Å². The lowest BCUT2D eigenvalue weighted by atomic mass is 9.88. The summed E-state index contributed by atoms with van der Waals surface area (Å²) < 4.78 is 1.24. The Morgan fingerprint density at radius 3 is 2.33 bits per heavy atom. The zero-order valence-corrected chi connectivity index (χ0v) is 11.4. The maximum absolute atomic E-state index is 12.5. The molecule has 2 heterocycles. The van der Waals surface area contributed by atoms with E-state index in [1.165, 1.54) is 16.0 Å². The average Bonchev–Trinajstić information content (AvgIpc) is 3.12. The van der Waals surface area contributed by atoms with Crippen molar-refractivity contribution in [3.05, 3.63) is 73.8 Å². The van der Waals surface area contributed by atoms with E-state index in [1.54, 1.807) is 35.7 Å². The lowest BCUT2D eigenvalue weighted by Gasteiger charge is -2.11. The van der Waals surface area contributed by atoms with Gasteiger partial charge in [-0.05, 0) is 11.4 Å². The summed E-state index contributed by atoms with van der Waals surface area (Å²) in [4.78, 5) is 37.4. The monoisotopic (exact) mass is 296 g/mol. The molecule has 0 bridgehead atoms. The van der Waals surface area contributed by atoms with E-state index in [-0.39, 0.29) is 22.6 Å². The van der Waals surface area contributed by atoms with E-state index in [1.807, 2.05) is 5.38 Å². The summed E-state index contributed by atoms with van der Waals surface area (Å²) in [5.74, 6) is -0.735. The zero-order valence-electron chi connectivity index (χ0n) is 10.6. The van der Waals surface area contributed by atoms with Crippen molar-refractivity contribution in [3.63, 3.8) is 0 Å². The summed E-state index contributed by atoms with van der Waals surface area (Å²) in [5.41, 5.74) is 0.720. The minimum absolute atomic E-state index is 0.0647. The highest BCUT2D eigenvalue weighted by atomic mass is 32.1. The number of hydrogen-bond acceptors (Lipinski definition) is 4. The molecule has 102 valence electrons. The van der Waals surface area contributed by atoms with Crippen LogP contribution in [0.15, 0.2) is 45.9 Å². The lowest BCUT2D eigenvalue weighted by Crippen LogP contribution is -2.25. The first-order valence-corrected chi connectivity index (χ1v) is 7.19. The van der Waals surface area contributed by atoms with E-state index in [9.17, 15) is 14.4 Å². The summed E-state index contributed by atoms with van der Waals surface area (Å²) >= 11 is 1.43. The van der Waals surface area contributed by atoms with E-state index in [2.05, 4.69) is 5.10 Å². The minimum atomic E-state index is -0.490. The molecular weight excluding hydrogens is 288 g/mol. The zero-order chi connectivity index (χ0) is 14.6. The van der Waals surface area contributed by atoms with Gasteiger partial charge in [0.25, 0.3) is 5.56 Å². The minimum Gasteiger partial charge on any atom is -0.288 e. The Labute approximate surface area is 122 Å². The topological polar surface area (TPSA) is 71.9 Å². The number of carbonyl (C=O) groups is 2. The predicted molar refractivity (Wildman–Crippen MR) is 77.6 cm³/mol. The molecule has 0 amide bonds. The van der Waals surface area contributed by atoms with Crippen molar-refractivity contribution in [2.75, 3.05) is 0 Å². The Bertz CT molecular complexity index is 948. The number of benzene rings is 1. The first-order valence-electron chi connectivity index (χ1n) is 6.24. The third kappa shape index (κ3) is 1.53. The summed E-state index contributed by atoms with van der Waals surface area (Å²) in [6.45, 7) is 0. The molecular formula is C15H8N2O3S. The first kappa shape index (κ1) is 12.0. The molecule has 1 aromatic carbocycles. The number of aromatic nitrogens is 2. The molecule has 6 heteroatoms. The van der Waals surface area contributed by atoms with Crippen LogP contribution in [0.1, 0.15) is 32.0 Å². The molecule has 1 N–H and O–H groups in total. The number of nitrogens with zero attached hydrogens (tertiary/aromatic N) is 1. The fourth-order valence-corrected chi connectivity index (χ4v) is 3.15. The van der Waals surface area contributed by atoms with Crippen molar-refractivity contribution >= 4 is 22.9 Å². The van der Waals surface area contributed by atoms with Crippen molar-refractivity contribution < 1.29 is 9.59 Å². The highest BCUT2D eigenvalue weighted by Gasteiger charge is 2.34. The maximum atomic E-state index is 12.5. The Balaban J connectivity index is 2.03. The van der Waals surface area contributed by atoms with Crippen molar-refractivity contribution in [1.29, 1.82) is 0 Å². The van der Waals surface area contributed by atoms with Gasteiger partial charge in [0.05, 0.1) is 5.69 Å². The summed E-state index contributed by atoms with van der Waals surface area (Å²) in [7, 11) is 0. The maximum Gasteiger partial charge on any atom is 0.283 e. The molecule has 1 aliphatic carbocycles. The molecule has 2 aromatic heterocycles. The van der Waals surface area contributed by atoms with E-state index in [4.69, 9.17) is 0 Å². The van der Waals surface area contributed by atoms with Gasteiger partial charge in [0.15, 0.2) is 0 Å². The third-order valence-electron chi connectivity index (χ3n) is 3.53. The van der Waals surface area contributed by atoms with E-state index < -0.39 is 11.3 Å². The highest BCUT2D eigenvalue weighted by Crippen LogP contribution is 2.24. The van der Waals surface area contributed by atoms with Crippen LogP contribution in [0.5, 0.6) is 0 Å². The summed E-state index contributed by atoms with van der Waals surface area (Å²) in [5, 5.41) is 6.35. The SMILES string of the molecule is O=C1c2ccccc2C(=O)c2c1[nH]n(-c1ccsc1)c2=O. The van der Waals surface area contributed by atoms with Gasteiger partial charge in [-0.25, -0.2) is 4.68 Å². The van der Waals surface area contributed by atoms with Gasteiger partial charge in [0.2, 0.25) is 11.6 Å². The van der Waals surface area contributed by atoms with Gasteiger partial charge in [-0.2, -0.15) is 11.3 Å². The Morgan fingerprint density at radius 2 is 1.67 bits per heavy atom.